The number of ether oxygens (including phenoxy) is 1. The summed E-state index contributed by atoms with van der Waals surface area (Å²) in [6.45, 7) is 6.35. The molecule has 134 valence electrons. The van der Waals surface area contributed by atoms with E-state index < -0.39 is 5.60 Å². The minimum Gasteiger partial charge on any atom is -0.444 e. The lowest BCUT2D eigenvalue weighted by atomic mass is 9.93. The summed E-state index contributed by atoms with van der Waals surface area (Å²) in [5.74, 6) is 0. The number of carbonyl (C=O) groups excluding carboxylic acids is 1. The Morgan fingerprint density at radius 2 is 1.77 bits per heavy atom. The number of nitrogens with zero attached hydrogens (tertiary/aromatic N) is 1. The summed E-state index contributed by atoms with van der Waals surface area (Å²) in [5, 5.41) is 1.24. The van der Waals surface area contributed by atoms with E-state index in [1.165, 1.54) is 10.9 Å². The predicted octanol–water partition coefficient (Wildman–Crippen LogP) is 5.05. The molecule has 0 radical (unpaired) electrons. The van der Waals surface area contributed by atoms with E-state index in [0.717, 1.165) is 23.2 Å². The van der Waals surface area contributed by atoms with Crippen molar-refractivity contribution in [1.29, 1.82) is 0 Å². The topological polar surface area (TPSA) is 45.3 Å². The van der Waals surface area contributed by atoms with Gasteiger partial charge in [-0.25, -0.2) is 4.79 Å². The van der Waals surface area contributed by atoms with Crippen LogP contribution in [0.4, 0.5) is 4.79 Å². The van der Waals surface area contributed by atoms with Gasteiger partial charge in [-0.1, -0.05) is 48.5 Å². The average molecular weight is 348 g/mol. The molecule has 26 heavy (non-hydrogen) atoms. The van der Waals surface area contributed by atoms with Gasteiger partial charge in [-0.3, -0.25) is 4.90 Å². The zero-order valence-corrected chi connectivity index (χ0v) is 15.5. The number of nitrogens with one attached hydrogen (secondary N) is 1. The van der Waals surface area contributed by atoms with Crippen LogP contribution in [0.15, 0.2) is 54.6 Å². The number of rotatable bonds is 1. The summed E-state index contributed by atoms with van der Waals surface area (Å²) in [5.41, 5.74) is 4.08. The fraction of sp³-hybridized carbons (Fsp3) is 0.318. The summed E-state index contributed by atoms with van der Waals surface area (Å²) >= 11 is 0. The molecule has 4 nitrogen and oxygen atoms in total. The van der Waals surface area contributed by atoms with Gasteiger partial charge in [0.25, 0.3) is 0 Å². The van der Waals surface area contributed by atoms with Gasteiger partial charge in [0, 0.05) is 23.1 Å². The van der Waals surface area contributed by atoms with E-state index in [0.29, 0.717) is 6.54 Å². The molecule has 4 rings (SSSR count). The second kappa shape index (κ2) is 6.20. The molecule has 1 atom stereocenters. The average Bonchev–Trinajstić information content (AvgIpc) is 2.99. The van der Waals surface area contributed by atoms with Crippen LogP contribution in [0.5, 0.6) is 0 Å². The molecule has 1 aliphatic heterocycles. The predicted molar refractivity (Wildman–Crippen MR) is 103 cm³/mol. The van der Waals surface area contributed by atoms with E-state index in [-0.39, 0.29) is 12.1 Å². The Morgan fingerprint density at radius 1 is 1.08 bits per heavy atom. The third-order valence-corrected chi connectivity index (χ3v) is 4.78. The highest BCUT2D eigenvalue weighted by atomic mass is 16.6. The molecule has 1 N–H and O–H groups in total. The first kappa shape index (κ1) is 16.7. The number of carbonyl (C=O) groups is 1. The van der Waals surface area contributed by atoms with E-state index in [4.69, 9.17) is 4.74 Å². The van der Waals surface area contributed by atoms with Crippen molar-refractivity contribution in [1.82, 2.24) is 9.88 Å². The number of hydrogen-bond acceptors (Lipinski definition) is 2. The molecule has 0 saturated carbocycles. The van der Waals surface area contributed by atoms with E-state index in [1.807, 2.05) is 49.9 Å². The van der Waals surface area contributed by atoms with Crippen molar-refractivity contribution in [3.8, 4) is 0 Å². The molecule has 0 saturated heterocycles. The van der Waals surface area contributed by atoms with E-state index in [1.54, 1.807) is 0 Å². The number of benzene rings is 2. The van der Waals surface area contributed by atoms with Crippen molar-refractivity contribution in [3.05, 3.63) is 71.4 Å². The lowest BCUT2D eigenvalue weighted by molar-refractivity contribution is 0.0175. The number of aromatic nitrogens is 1. The maximum Gasteiger partial charge on any atom is 0.411 e. The van der Waals surface area contributed by atoms with Crippen molar-refractivity contribution in [2.45, 2.75) is 38.8 Å². The summed E-state index contributed by atoms with van der Waals surface area (Å²) in [4.78, 5) is 18.3. The molecule has 0 spiro atoms. The second-order valence-corrected chi connectivity index (χ2v) is 7.80. The van der Waals surface area contributed by atoms with Crippen LogP contribution in [0, 0.1) is 0 Å². The monoisotopic (exact) mass is 348 g/mol. The van der Waals surface area contributed by atoms with Crippen LogP contribution in [0.25, 0.3) is 10.9 Å². The van der Waals surface area contributed by atoms with Crippen LogP contribution >= 0.6 is 0 Å². The van der Waals surface area contributed by atoms with Crippen LogP contribution in [0.2, 0.25) is 0 Å². The molecule has 2 aromatic carbocycles. The zero-order chi connectivity index (χ0) is 18.3. The Hall–Kier alpha value is -2.75. The van der Waals surface area contributed by atoms with Crippen molar-refractivity contribution in [3.63, 3.8) is 0 Å². The van der Waals surface area contributed by atoms with Crippen LogP contribution in [-0.4, -0.2) is 28.1 Å². The molecule has 0 aliphatic carbocycles. The molecule has 4 heteroatoms. The SMILES string of the molecule is CC(C)(C)OC(=O)N1CCc2c([nH]c3ccccc23)C1c1ccccc1. The van der Waals surface area contributed by atoms with Gasteiger partial charge in [0.2, 0.25) is 0 Å². The number of para-hydroxylation sites is 1. The Labute approximate surface area is 153 Å². The fourth-order valence-corrected chi connectivity index (χ4v) is 3.74. The highest BCUT2D eigenvalue weighted by Gasteiger charge is 2.36. The molecule has 0 bridgehead atoms. The normalized spacial score (nSPS) is 17.2. The molecular formula is C22H24N2O2. The van der Waals surface area contributed by atoms with Gasteiger partial charge in [-0.15, -0.1) is 0 Å². The summed E-state index contributed by atoms with van der Waals surface area (Å²) in [7, 11) is 0. The van der Waals surface area contributed by atoms with Crippen LogP contribution in [0.3, 0.4) is 0 Å². The van der Waals surface area contributed by atoms with Crippen LogP contribution < -0.4 is 0 Å². The number of hydrogen-bond donors (Lipinski definition) is 1. The highest BCUT2D eigenvalue weighted by Crippen LogP contribution is 2.38. The zero-order valence-electron chi connectivity index (χ0n) is 15.5. The van der Waals surface area contributed by atoms with E-state index >= 15 is 0 Å². The van der Waals surface area contributed by atoms with Crippen molar-refractivity contribution in [2.75, 3.05) is 6.54 Å². The Balaban J connectivity index is 1.83. The van der Waals surface area contributed by atoms with E-state index in [9.17, 15) is 4.79 Å². The molecule has 1 aliphatic rings. The molecule has 0 fully saturated rings. The second-order valence-electron chi connectivity index (χ2n) is 7.80. The first-order valence-electron chi connectivity index (χ1n) is 9.08. The van der Waals surface area contributed by atoms with Gasteiger partial charge in [0.1, 0.15) is 11.6 Å². The van der Waals surface area contributed by atoms with Gasteiger partial charge in [-0.05, 0) is 44.4 Å². The molecule has 3 aromatic rings. The minimum absolute atomic E-state index is 0.165. The summed E-state index contributed by atoms with van der Waals surface area (Å²) in [6.07, 6.45) is 0.553. The lowest BCUT2D eigenvalue weighted by Gasteiger charge is -2.37. The molecule has 1 aromatic heterocycles. The first-order valence-corrected chi connectivity index (χ1v) is 9.08. The van der Waals surface area contributed by atoms with Gasteiger partial charge < -0.3 is 9.72 Å². The van der Waals surface area contributed by atoms with Gasteiger partial charge in [0.05, 0.1) is 0 Å². The van der Waals surface area contributed by atoms with Gasteiger partial charge >= 0.3 is 6.09 Å². The maximum atomic E-state index is 12.9. The Bertz CT molecular complexity index is 938. The van der Waals surface area contributed by atoms with Gasteiger partial charge in [-0.2, -0.15) is 0 Å². The largest absolute Gasteiger partial charge is 0.444 e. The lowest BCUT2D eigenvalue weighted by Crippen LogP contribution is -2.43. The summed E-state index contributed by atoms with van der Waals surface area (Å²) < 4.78 is 5.69. The molecule has 1 amide bonds. The Morgan fingerprint density at radius 3 is 2.50 bits per heavy atom. The van der Waals surface area contributed by atoms with Crippen molar-refractivity contribution < 1.29 is 9.53 Å². The maximum absolute atomic E-state index is 12.9. The number of amides is 1. The molecule has 2 heterocycles. The van der Waals surface area contributed by atoms with Gasteiger partial charge in [0.15, 0.2) is 0 Å². The minimum atomic E-state index is -0.515. The quantitative estimate of drug-likeness (QED) is 0.669. The standard InChI is InChI=1S/C22H24N2O2/c1-22(2,3)26-21(25)24-14-13-17-16-11-7-8-12-18(16)23-19(17)20(24)15-9-5-4-6-10-15/h4-12,20,23H,13-14H2,1-3H3. The van der Waals surface area contributed by atoms with Crippen LogP contribution in [-0.2, 0) is 11.2 Å². The number of aromatic amines is 1. The first-order chi connectivity index (χ1) is 12.4. The van der Waals surface area contributed by atoms with Crippen LogP contribution in [0.1, 0.15) is 43.6 Å². The number of fused-ring (bicyclic) bond motifs is 3. The van der Waals surface area contributed by atoms with E-state index in [2.05, 4.69) is 35.3 Å². The highest BCUT2D eigenvalue weighted by molar-refractivity contribution is 5.86. The number of H-pyrrole nitrogens is 1. The summed E-state index contributed by atoms with van der Waals surface area (Å²) in [6, 6.07) is 18.3. The fourth-order valence-electron chi connectivity index (χ4n) is 3.74. The third kappa shape index (κ3) is 2.96. The third-order valence-electron chi connectivity index (χ3n) is 4.78. The molecular weight excluding hydrogens is 324 g/mol. The van der Waals surface area contributed by atoms with Crippen molar-refractivity contribution in [2.24, 2.45) is 0 Å². The van der Waals surface area contributed by atoms with Crippen molar-refractivity contribution >= 4 is 17.0 Å². The molecule has 1 unspecified atom stereocenters. The smallest absolute Gasteiger partial charge is 0.411 e. The Kier molecular flexibility index (Phi) is 3.98.